The van der Waals surface area contributed by atoms with Gasteiger partial charge in [0.1, 0.15) is 0 Å². The molecule has 2 aliphatic heterocycles. The lowest BCUT2D eigenvalue weighted by molar-refractivity contribution is 0.173. The summed E-state index contributed by atoms with van der Waals surface area (Å²) >= 11 is 0. The van der Waals surface area contributed by atoms with Crippen molar-refractivity contribution in [2.75, 3.05) is 13.3 Å². The van der Waals surface area contributed by atoms with Crippen LogP contribution in [0.3, 0.4) is 0 Å². The van der Waals surface area contributed by atoms with Crippen LogP contribution < -0.4 is 9.47 Å². The van der Waals surface area contributed by atoms with Crippen LogP contribution in [-0.2, 0) is 6.54 Å². The fourth-order valence-corrected chi connectivity index (χ4v) is 4.56. The highest BCUT2D eigenvalue weighted by atomic mass is 16.7. The Labute approximate surface area is 172 Å². The summed E-state index contributed by atoms with van der Waals surface area (Å²) in [6.45, 7) is 6.71. The van der Waals surface area contributed by atoms with Gasteiger partial charge >= 0.3 is 0 Å². The maximum atomic E-state index is 5.59. The number of hydrogen-bond acceptors (Lipinski definition) is 4. The number of nitrogens with zero attached hydrogens (tertiary/aromatic N) is 2. The van der Waals surface area contributed by atoms with E-state index >= 15 is 0 Å². The van der Waals surface area contributed by atoms with E-state index in [0.717, 1.165) is 30.3 Å². The molecule has 3 aromatic rings. The summed E-state index contributed by atoms with van der Waals surface area (Å²) in [6.07, 6.45) is 4.26. The summed E-state index contributed by atoms with van der Waals surface area (Å²) in [5.74, 6) is 1.73. The Kier molecular flexibility index (Phi) is 4.72. The molecule has 1 fully saturated rings. The highest BCUT2D eigenvalue weighted by molar-refractivity contribution is 5.66. The highest BCUT2D eigenvalue weighted by Crippen LogP contribution is 2.39. The van der Waals surface area contributed by atoms with Gasteiger partial charge in [-0.15, -0.1) is 0 Å². The maximum Gasteiger partial charge on any atom is 0.231 e. The molecule has 5 rings (SSSR count). The number of fused-ring (bicyclic) bond motifs is 1. The molecule has 2 aliphatic rings. The smallest absolute Gasteiger partial charge is 0.231 e. The van der Waals surface area contributed by atoms with Crippen molar-refractivity contribution in [3.8, 4) is 22.6 Å². The van der Waals surface area contributed by atoms with Crippen molar-refractivity contribution in [1.82, 2.24) is 9.88 Å². The van der Waals surface area contributed by atoms with Gasteiger partial charge in [0.05, 0.1) is 0 Å². The Hall–Kier alpha value is -2.85. The van der Waals surface area contributed by atoms with E-state index in [1.165, 1.54) is 40.7 Å². The van der Waals surface area contributed by atoms with Crippen molar-refractivity contribution in [3.05, 3.63) is 77.1 Å². The highest BCUT2D eigenvalue weighted by Gasteiger charge is 2.28. The zero-order valence-electron chi connectivity index (χ0n) is 17.0. The van der Waals surface area contributed by atoms with E-state index in [1.54, 1.807) is 0 Å². The quantitative estimate of drug-likeness (QED) is 0.599. The fourth-order valence-electron chi connectivity index (χ4n) is 4.56. The Bertz CT molecular complexity index is 1050. The Morgan fingerprint density at radius 1 is 1.03 bits per heavy atom. The number of pyridine rings is 1. The van der Waals surface area contributed by atoms with Gasteiger partial charge in [-0.3, -0.25) is 9.88 Å². The summed E-state index contributed by atoms with van der Waals surface area (Å²) < 4.78 is 11.1. The lowest BCUT2D eigenvalue weighted by Gasteiger charge is -2.26. The first-order valence-corrected chi connectivity index (χ1v) is 10.3. The van der Waals surface area contributed by atoms with Crippen LogP contribution in [0.5, 0.6) is 11.5 Å². The van der Waals surface area contributed by atoms with Gasteiger partial charge in [0, 0.05) is 30.0 Å². The van der Waals surface area contributed by atoms with E-state index in [-0.39, 0.29) is 0 Å². The average Bonchev–Trinajstić information content (AvgIpc) is 3.38. The summed E-state index contributed by atoms with van der Waals surface area (Å²) in [4.78, 5) is 7.02. The molecule has 3 heterocycles. The number of hydrogen-bond donors (Lipinski definition) is 0. The molecule has 4 nitrogen and oxygen atoms in total. The minimum absolute atomic E-state index is 0.328. The zero-order chi connectivity index (χ0) is 19.8. The summed E-state index contributed by atoms with van der Waals surface area (Å²) in [6, 6.07) is 17.8. The van der Waals surface area contributed by atoms with Crippen LogP contribution in [-0.4, -0.2) is 23.2 Å². The predicted molar refractivity (Wildman–Crippen MR) is 114 cm³/mol. The average molecular weight is 386 g/mol. The van der Waals surface area contributed by atoms with Crippen molar-refractivity contribution in [3.63, 3.8) is 0 Å². The predicted octanol–water partition coefficient (Wildman–Crippen LogP) is 5.43. The van der Waals surface area contributed by atoms with Crippen LogP contribution in [0.2, 0.25) is 0 Å². The molecule has 1 atom stereocenters. The van der Waals surface area contributed by atoms with Gasteiger partial charge in [0.2, 0.25) is 6.79 Å². The molecule has 0 aliphatic carbocycles. The third-order valence-electron chi connectivity index (χ3n) is 6.18. The van der Waals surface area contributed by atoms with Gasteiger partial charge in [0.15, 0.2) is 11.5 Å². The van der Waals surface area contributed by atoms with Crippen LogP contribution in [0.25, 0.3) is 11.1 Å². The molecular formula is C25H26N2O2. The number of rotatable bonds is 4. The molecule has 148 valence electrons. The van der Waals surface area contributed by atoms with Gasteiger partial charge in [-0.1, -0.05) is 30.3 Å². The molecule has 0 unspecified atom stereocenters. The number of aryl methyl sites for hydroxylation is 2. The molecule has 0 radical (unpaired) electrons. The van der Waals surface area contributed by atoms with Gasteiger partial charge in [-0.2, -0.15) is 0 Å². The lowest BCUT2D eigenvalue weighted by atomic mass is 9.98. The summed E-state index contributed by atoms with van der Waals surface area (Å²) in [7, 11) is 0. The molecular weight excluding hydrogens is 360 g/mol. The molecule has 0 saturated carbocycles. The van der Waals surface area contributed by atoms with Crippen LogP contribution in [0.1, 0.15) is 41.3 Å². The van der Waals surface area contributed by atoms with Gasteiger partial charge in [0.25, 0.3) is 0 Å². The van der Waals surface area contributed by atoms with Crippen LogP contribution in [0.4, 0.5) is 0 Å². The molecule has 29 heavy (non-hydrogen) atoms. The van der Waals surface area contributed by atoms with Crippen LogP contribution in [0.15, 0.2) is 54.7 Å². The van der Waals surface area contributed by atoms with Crippen LogP contribution >= 0.6 is 0 Å². The Balaban J connectivity index is 1.37. The summed E-state index contributed by atoms with van der Waals surface area (Å²) in [5, 5.41) is 0. The number of likely N-dealkylation sites (tertiary alicyclic amines) is 1. The first-order chi connectivity index (χ1) is 14.2. The second kappa shape index (κ2) is 7.53. The van der Waals surface area contributed by atoms with E-state index in [9.17, 15) is 0 Å². The van der Waals surface area contributed by atoms with Crippen molar-refractivity contribution < 1.29 is 9.47 Å². The molecule has 1 aromatic heterocycles. The molecule has 0 bridgehead atoms. The first-order valence-electron chi connectivity index (χ1n) is 10.3. The molecule has 2 aromatic carbocycles. The van der Waals surface area contributed by atoms with E-state index in [1.807, 2.05) is 18.3 Å². The standard InChI is InChI=1S/C25H26N2O2/c1-17-13-19(22-5-3-11-26-18(22)2)7-8-21(17)15-27-12-4-6-23(27)20-9-10-24-25(14-20)29-16-28-24/h3,5,7-11,13-14,23H,4,6,12,15-16H2,1-2H3/t23-/m0/s1. The minimum atomic E-state index is 0.328. The second-order valence-electron chi connectivity index (χ2n) is 8.02. The van der Waals surface area contributed by atoms with Crippen molar-refractivity contribution in [2.24, 2.45) is 0 Å². The first kappa shape index (κ1) is 18.2. The number of ether oxygens (including phenoxy) is 2. The molecule has 1 saturated heterocycles. The van der Waals surface area contributed by atoms with E-state index < -0.39 is 0 Å². The fraction of sp³-hybridized carbons (Fsp3) is 0.320. The second-order valence-corrected chi connectivity index (χ2v) is 8.02. The molecule has 0 amide bonds. The molecule has 0 spiro atoms. The van der Waals surface area contributed by atoms with Gasteiger partial charge in [-0.05, 0) is 73.7 Å². The van der Waals surface area contributed by atoms with Crippen molar-refractivity contribution in [2.45, 2.75) is 39.3 Å². The molecule has 0 N–H and O–H groups in total. The largest absolute Gasteiger partial charge is 0.454 e. The number of benzene rings is 2. The Morgan fingerprint density at radius 3 is 2.79 bits per heavy atom. The van der Waals surface area contributed by atoms with E-state index in [2.05, 4.69) is 60.1 Å². The normalized spacial score (nSPS) is 18.3. The van der Waals surface area contributed by atoms with Gasteiger partial charge < -0.3 is 9.47 Å². The third kappa shape index (κ3) is 3.49. The maximum absolute atomic E-state index is 5.59. The monoisotopic (exact) mass is 386 g/mol. The summed E-state index contributed by atoms with van der Waals surface area (Å²) in [5.41, 5.74) is 7.58. The third-order valence-corrected chi connectivity index (χ3v) is 6.18. The Morgan fingerprint density at radius 2 is 1.93 bits per heavy atom. The van der Waals surface area contributed by atoms with Crippen LogP contribution in [0, 0.1) is 13.8 Å². The lowest BCUT2D eigenvalue weighted by Crippen LogP contribution is -2.23. The van der Waals surface area contributed by atoms with Crippen molar-refractivity contribution in [1.29, 1.82) is 0 Å². The van der Waals surface area contributed by atoms with E-state index in [0.29, 0.717) is 12.8 Å². The zero-order valence-corrected chi connectivity index (χ0v) is 17.0. The van der Waals surface area contributed by atoms with Crippen molar-refractivity contribution >= 4 is 0 Å². The minimum Gasteiger partial charge on any atom is -0.454 e. The SMILES string of the molecule is Cc1cc(-c2cccnc2C)ccc1CN1CCC[C@H]1c1ccc2c(c1)OCO2. The topological polar surface area (TPSA) is 34.6 Å². The van der Waals surface area contributed by atoms with Gasteiger partial charge in [-0.25, -0.2) is 0 Å². The molecule has 4 heteroatoms. The van der Waals surface area contributed by atoms with E-state index in [4.69, 9.17) is 9.47 Å². The number of aromatic nitrogens is 1.